The lowest BCUT2D eigenvalue weighted by molar-refractivity contribution is 0.495. The second kappa shape index (κ2) is 5.27. The summed E-state index contributed by atoms with van der Waals surface area (Å²) in [6.07, 6.45) is 3.96. The first-order chi connectivity index (χ1) is 9.24. The fraction of sp³-hybridized carbons (Fsp3) is 0.429. The molecule has 5 heteroatoms. The highest BCUT2D eigenvalue weighted by Gasteiger charge is 2.19. The number of thiophene rings is 1. The maximum atomic E-state index is 5.94. The zero-order valence-electron chi connectivity index (χ0n) is 11.0. The number of anilines is 1. The van der Waals surface area contributed by atoms with Gasteiger partial charge in [-0.05, 0) is 36.8 Å². The molecule has 100 valence electrons. The predicted octanol–water partition coefficient (Wildman–Crippen LogP) is 2.44. The molecule has 3 heterocycles. The monoisotopic (exact) mass is 274 g/mol. The van der Waals surface area contributed by atoms with Gasteiger partial charge in [0, 0.05) is 25.3 Å². The molecule has 3 rings (SSSR count). The van der Waals surface area contributed by atoms with Gasteiger partial charge in [-0.1, -0.05) is 6.07 Å². The highest BCUT2D eigenvalue weighted by atomic mass is 32.1. The lowest BCUT2D eigenvalue weighted by atomic mass is 10.1. The predicted molar refractivity (Wildman–Crippen MR) is 79.5 cm³/mol. The van der Waals surface area contributed by atoms with Crippen molar-refractivity contribution in [2.75, 3.05) is 18.0 Å². The smallest absolute Gasteiger partial charge is 0.225 e. The van der Waals surface area contributed by atoms with Gasteiger partial charge in [-0.2, -0.15) is 0 Å². The molecule has 1 fully saturated rings. The van der Waals surface area contributed by atoms with Crippen molar-refractivity contribution in [1.82, 2.24) is 9.97 Å². The largest absolute Gasteiger partial charge is 0.341 e. The molecule has 0 amide bonds. The fourth-order valence-electron chi connectivity index (χ4n) is 2.35. The molecule has 0 aromatic carbocycles. The lowest BCUT2D eigenvalue weighted by Gasteiger charge is -2.30. The first-order valence-corrected chi connectivity index (χ1v) is 7.50. The third-order valence-electron chi connectivity index (χ3n) is 3.54. The van der Waals surface area contributed by atoms with Gasteiger partial charge in [-0.3, -0.25) is 0 Å². The Labute approximate surface area is 117 Å². The number of rotatable bonds is 2. The van der Waals surface area contributed by atoms with Crippen LogP contribution in [-0.2, 0) is 0 Å². The number of nitrogens with two attached hydrogens (primary N) is 1. The molecule has 2 aromatic heterocycles. The van der Waals surface area contributed by atoms with Gasteiger partial charge < -0.3 is 10.6 Å². The Kier molecular flexibility index (Phi) is 3.48. The van der Waals surface area contributed by atoms with Crippen LogP contribution in [0.2, 0.25) is 0 Å². The number of piperidine rings is 1. The van der Waals surface area contributed by atoms with Crippen LogP contribution in [0.15, 0.2) is 23.7 Å². The molecule has 0 atom stereocenters. The van der Waals surface area contributed by atoms with Gasteiger partial charge in [0.15, 0.2) is 0 Å². The van der Waals surface area contributed by atoms with Crippen LogP contribution in [0.1, 0.15) is 18.4 Å². The van der Waals surface area contributed by atoms with Gasteiger partial charge in [0.2, 0.25) is 5.95 Å². The van der Waals surface area contributed by atoms with Crippen LogP contribution < -0.4 is 10.6 Å². The van der Waals surface area contributed by atoms with E-state index in [-0.39, 0.29) is 0 Å². The average Bonchev–Trinajstić information content (AvgIpc) is 2.94. The summed E-state index contributed by atoms with van der Waals surface area (Å²) >= 11 is 1.72. The van der Waals surface area contributed by atoms with E-state index in [4.69, 9.17) is 10.7 Å². The minimum atomic E-state index is 0.332. The van der Waals surface area contributed by atoms with Crippen LogP contribution in [0, 0.1) is 6.92 Å². The van der Waals surface area contributed by atoms with Crippen LogP contribution in [0.25, 0.3) is 10.6 Å². The summed E-state index contributed by atoms with van der Waals surface area (Å²) in [5.74, 6) is 0.834. The molecular formula is C14H18N4S. The maximum absolute atomic E-state index is 5.94. The van der Waals surface area contributed by atoms with Gasteiger partial charge in [-0.15, -0.1) is 11.3 Å². The summed E-state index contributed by atoms with van der Waals surface area (Å²) in [5, 5.41) is 2.08. The number of nitrogens with zero attached hydrogens (tertiary/aromatic N) is 3. The zero-order valence-corrected chi connectivity index (χ0v) is 11.9. The van der Waals surface area contributed by atoms with E-state index in [0.717, 1.165) is 43.1 Å². The topological polar surface area (TPSA) is 55.0 Å². The molecule has 2 N–H and O–H groups in total. The maximum Gasteiger partial charge on any atom is 0.225 e. The summed E-state index contributed by atoms with van der Waals surface area (Å²) in [6.45, 7) is 3.97. The van der Waals surface area contributed by atoms with Gasteiger partial charge in [0.1, 0.15) is 0 Å². The molecule has 4 nitrogen and oxygen atoms in total. The van der Waals surface area contributed by atoms with Crippen molar-refractivity contribution in [3.63, 3.8) is 0 Å². The highest BCUT2D eigenvalue weighted by Crippen LogP contribution is 2.27. The summed E-state index contributed by atoms with van der Waals surface area (Å²) in [7, 11) is 0. The Morgan fingerprint density at radius 2 is 2.16 bits per heavy atom. The molecule has 1 aliphatic heterocycles. The van der Waals surface area contributed by atoms with Crippen LogP contribution >= 0.6 is 11.3 Å². The summed E-state index contributed by atoms with van der Waals surface area (Å²) < 4.78 is 0. The molecule has 1 saturated heterocycles. The first kappa shape index (κ1) is 12.6. The molecule has 0 bridgehead atoms. The van der Waals surface area contributed by atoms with E-state index in [0.29, 0.717) is 6.04 Å². The van der Waals surface area contributed by atoms with Crippen molar-refractivity contribution in [2.24, 2.45) is 5.73 Å². The Morgan fingerprint density at radius 1 is 1.37 bits per heavy atom. The van der Waals surface area contributed by atoms with E-state index in [9.17, 15) is 0 Å². The normalized spacial score (nSPS) is 16.8. The third kappa shape index (κ3) is 2.62. The standard InChI is InChI=1S/C14H18N4S/c1-10-9-16-14(18-6-4-11(15)5-7-18)17-13(10)12-3-2-8-19-12/h2-3,8-9,11H,4-7,15H2,1H3. The molecule has 0 spiro atoms. The van der Waals surface area contributed by atoms with Crippen molar-refractivity contribution in [3.8, 4) is 10.6 Å². The summed E-state index contributed by atoms with van der Waals surface area (Å²) in [4.78, 5) is 12.7. The van der Waals surface area contributed by atoms with Crippen LogP contribution in [0.4, 0.5) is 5.95 Å². The van der Waals surface area contributed by atoms with E-state index in [2.05, 4.69) is 34.3 Å². The second-order valence-corrected chi connectivity index (χ2v) is 5.95. The van der Waals surface area contributed by atoms with Crippen molar-refractivity contribution >= 4 is 17.3 Å². The lowest BCUT2D eigenvalue weighted by Crippen LogP contribution is -2.40. The number of aryl methyl sites for hydroxylation is 1. The molecule has 0 unspecified atom stereocenters. The summed E-state index contributed by atoms with van der Waals surface area (Å²) in [6, 6.07) is 4.50. The Bertz CT molecular complexity index is 545. The van der Waals surface area contributed by atoms with Gasteiger partial charge in [0.05, 0.1) is 10.6 Å². The van der Waals surface area contributed by atoms with Crippen LogP contribution in [0.3, 0.4) is 0 Å². The van der Waals surface area contributed by atoms with Crippen molar-refractivity contribution < 1.29 is 0 Å². The van der Waals surface area contributed by atoms with Gasteiger partial charge in [0.25, 0.3) is 0 Å². The SMILES string of the molecule is Cc1cnc(N2CCC(N)CC2)nc1-c1cccs1. The van der Waals surface area contributed by atoms with E-state index in [1.165, 1.54) is 4.88 Å². The van der Waals surface area contributed by atoms with E-state index >= 15 is 0 Å². The van der Waals surface area contributed by atoms with Crippen LogP contribution in [0.5, 0.6) is 0 Å². The van der Waals surface area contributed by atoms with E-state index < -0.39 is 0 Å². The summed E-state index contributed by atoms with van der Waals surface area (Å²) in [5.41, 5.74) is 8.12. The molecule has 1 aliphatic rings. The van der Waals surface area contributed by atoms with Crippen molar-refractivity contribution in [2.45, 2.75) is 25.8 Å². The molecule has 0 saturated carbocycles. The van der Waals surface area contributed by atoms with Crippen molar-refractivity contribution in [3.05, 3.63) is 29.3 Å². The minimum absolute atomic E-state index is 0.332. The Morgan fingerprint density at radius 3 is 2.84 bits per heavy atom. The molecule has 2 aromatic rings. The zero-order chi connectivity index (χ0) is 13.2. The molecule has 19 heavy (non-hydrogen) atoms. The first-order valence-electron chi connectivity index (χ1n) is 6.62. The average molecular weight is 274 g/mol. The fourth-order valence-corrected chi connectivity index (χ4v) is 3.13. The number of aromatic nitrogens is 2. The third-order valence-corrected chi connectivity index (χ3v) is 4.41. The Hall–Kier alpha value is -1.46. The van der Waals surface area contributed by atoms with E-state index in [1.807, 2.05) is 6.20 Å². The number of hydrogen-bond acceptors (Lipinski definition) is 5. The Balaban J connectivity index is 1.89. The number of hydrogen-bond donors (Lipinski definition) is 1. The second-order valence-electron chi connectivity index (χ2n) is 5.00. The highest BCUT2D eigenvalue weighted by molar-refractivity contribution is 7.13. The molecular weight excluding hydrogens is 256 g/mol. The van der Waals surface area contributed by atoms with Gasteiger partial charge >= 0.3 is 0 Å². The molecule has 0 radical (unpaired) electrons. The van der Waals surface area contributed by atoms with Crippen molar-refractivity contribution in [1.29, 1.82) is 0 Å². The van der Waals surface area contributed by atoms with E-state index in [1.54, 1.807) is 11.3 Å². The molecule has 0 aliphatic carbocycles. The van der Waals surface area contributed by atoms with Gasteiger partial charge in [-0.25, -0.2) is 9.97 Å². The quantitative estimate of drug-likeness (QED) is 0.914. The minimum Gasteiger partial charge on any atom is -0.341 e. The van der Waals surface area contributed by atoms with Crippen LogP contribution in [-0.4, -0.2) is 29.1 Å².